The average Bonchev–Trinajstić information content (AvgIpc) is 2.85. The summed E-state index contributed by atoms with van der Waals surface area (Å²) in [5, 5.41) is 6.57. The number of rotatable bonds is 4. The second kappa shape index (κ2) is 6.05. The third kappa shape index (κ3) is 3.47. The molecule has 0 spiro atoms. The molecule has 1 N–H and O–H groups in total. The molecule has 0 aliphatic heterocycles. The van der Waals surface area contributed by atoms with Crippen LogP contribution in [0.1, 0.15) is 11.5 Å². The van der Waals surface area contributed by atoms with Crippen molar-refractivity contribution < 1.29 is 14.1 Å². The van der Waals surface area contributed by atoms with E-state index in [-0.39, 0.29) is 6.03 Å². The third-order valence-corrected chi connectivity index (χ3v) is 2.62. The Bertz CT molecular complexity index is 580. The second-order valence-electron chi connectivity index (χ2n) is 4.30. The van der Waals surface area contributed by atoms with Crippen LogP contribution in [-0.4, -0.2) is 35.2 Å². The van der Waals surface area contributed by atoms with Crippen molar-refractivity contribution in [1.82, 2.24) is 15.0 Å². The number of amides is 2. The summed E-state index contributed by atoms with van der Waals surface area (Å²) in [6, 6.07) is 4.94. The van der Waals surface area contributed by atoms with Gasteiger partial charge in [-0.1, -0.05) is 5.16 Å². The number of urea groups is 1. The lowest BCUT2D eigenvalue weighted by atomic mass is 10.3. The van der Waals surface area contributed by atoms with Crippen LogP contribution < -0.4 is 10.1 Å². The van der Waals surface area contributed by atoms with Crippen molar-refractivity contribution >= 4 is 11.7 Å². The summed E-state index contributed by atoms with van der Waals surface area (Å²) in [7, 11) is 3.21. The van der Waals surface area contributed by atoms with Gasteiger partial charge in [0.05, 0.1) is 25.5 Å². The van der Waals surface area contributed by atoms with Crippen molar-refractivity contribution in [3.8, 4) is 5.88 Å². The molecule has 0 unspecified atom stereocenters. The summed E-state index contributed by atoms with van der Waals surface area (Å²) < 4.78 is 9.91. The highest BCUT2D eigenvalue weighted by Crippen LogP contribution is 2.12. The van der Waals surface area contributed by atoms with Crippen LogP contribution in [0.25, 0.3) is 0 Å². The number of methoxy groups -OCH3 is 1. The molecule has 0 saturated carbocycles. The first-order chi connectivity index (χ1) is 9.58. The maximum atomic E-state index is 12.0. The lowest BCUT2D eigenvalue weighted by Gasteiger charge is -2.16. The van der Waals surface area contributed by atoms with Crippen molar-refractivity contribution in [2.45, 2.75) is 13.5 Å². The number of ether oxygens (including phenoxy) is 1. The largest absolute Gasteiger partial charge is 0.481 e. The molecular weight excluding hydrogens is 260 g/mol. The number of anilines is 1. The smallest absolute Gasteiger partial charge is 0.321 e. The van der Waals surface area contributed by atoms with Crippen molar-refractivity contribution in [3.05, 3.63) is 35.9 Å². The van der Waals surface area contributed by atoms with Gasteiger partial charge in [0, 0.05) is 19.2 Å². The van der Waals surface area contributed by atoms with E-state index < -0.39 is 0 Å². The van der Waals surface area contributed by atoms with Crippen LogP contribution in [-0.2, 0) is 6.54 Å². The molecule has 0 bridgehead atoms. The fourth-order valence-electron chi connectivity index (χ4n) is 1.60. The highest BCUT2D eigenvalue weighted by atomic mass is 16.5. The molecule has 2 aromatic heterocycles. The molecule has 106 valence electrons. The summed E-state index contributed by atoms with van der Waals surface area (Å²) in [5.74, 6) is 1.21. The molecular formula is C13H16N4O3. The molecule has 0 aliphatic carbocycles. The highest BCUT2D eigenvalue weighted by Gasteiger charge is 2.11. The van der Waals surface area contributed by atoms with E-state index in [1.165, 1.54) is 18.2 Å². The van der Waals surface area contributed by atoms with Gasteiger partial charge in [0.25, 0.3) is 0 Å². The molecule has 0 aliphatic rings. The molecule has 2 aromatic rings. The number of hydrogen-bond donors (Lipinski definition) is 1. The topological polar surface area (TPSA) is 80.5 Å². The summed E-state index contributed by atoms with van der Waals surface area (Å²) in [6.45, 7) is 2.17. The number of nitrogens with one attached hydrogen (secondary N) is 1. The Balaban J connectivity index is 1.93. The second-order valence-corrected chi connectivity index (χ2v) is 4.30. The normalized spacial score (nSPS) is 10.2. The van der Waals surface area contributed by atoms with E-state index >= 15 is 0 Å². The third-order valence-electron chi connectivity index (χ3n) is 2.62. The van der Waals surface area contributed by atoms with Gasteiger partial charge in [-0.15, -0.1) is 0 Å². The standard InChI is InChI=1S/C13H16N4O3/c1-9-6-11(16-20-9)8-17(2)13(18)15-10-4-5-12(19-3)14-7-10/h4-7H,8H2,1-3H3,(H,15,18). The van der Waals surface area contributed by atoms with E-state index in [9.17, 15) is 4.79 Å². The van der Waals surface area contributed by atoms with Crippen molar-refractivity contribution in [2.24, 2.45) is 0 Å². The van der Waals surface area contributed by atoms with E-state index in [1.54, 1.807) is 32.2 Å². The number of aryl methyl sites for hydroxylation is 1. The zero-order valence-corrected chi connectivity index (χ0v) is 11.6. The minimum Gasteiger partial charge on any atom is -0.481 e. The predicted octanol–water partition coefficient (Wildman–Crippen LogP) is 2.05. The first-order valence-electron chi connectivity index (χ1n) is 6.03. The SMILES string of the molecule is COc1ccc(NC(=O)N(C)Cc2cc(C)on2)cn1. The number of hydrogen-bond acceptors (Lipinski definition) is 5. The molecule has 0 saturated heterocycles. The van der Waals surface area contributed by atoms with Gasteiger partial charge in [0.15, 0.2) is 0 Å². The predicted molar refractivity (Wildman–Crippen MR) is 72.5 cm³/mol. The van der Waals surface area contributed by atoms with Crippen LogP contribution in [0.4, 0.5) is 10.5 Å². The van der Waals surface area contributed by atoms with E-state index in [0.29, 0.717) is 29.6 Å². The number of aromatic nitrogens is 2. The van der Waals surface area contributed by atoms with Crippen LogP contribution in [0.15, 0.2) is 28.9 Å². The van der Waals surface area contributed by atoms with Gasteiger partial charge in [0.1, 0.15) is 11.5 Å². The average molecular weight is 276 g/mol. The van der Waals surface area contributed by atoms with E-state index in [0.717, 1.165) is 0 Å². The fraction of sp³-hybridized carbons (Fsp3) is 0.308. The van der Waals surface area contributed by atoms with Crippen LogP contribution in [0.3, 0.4) is 0 Å². The molecule has 7 nitrogen and oxygen atoms in total. The maximum absolute atomic E-state index is 12.0. The van der Waals surface area contributed by atoms with Crippen LogP contribution in [0.2, 0.25) is 0 Å². The van der Waals surface area contributed by atoms with Gasteiger partial charge < -0.3 is 19.5 Å². The first-order valence-corrected chi connectivity index (χ1v) is 6.03. The van der Waals surface area contributed by atoms with Crippen LogP contribution in [0, 0.1) is 6.92 Å². The molecule has 2 rings (SSSR count). The van der Waals surface area contributed by atoms with Gasteiger partial charge in [-0.05, 0) is 13.0 Å². The number of carbonyl (C=O) groups excluding carboxylic acids is 1. The van der Waals surface area contributed by atoms with Gasteiger partial charge in [-0.25, -0.2) is 9.78 Å². The molecule has 20 heavy (non-hydrogen) atoms. The Morgan fingerprint density at radius 3 is 2.85 bits per heavy atom. The van der Waals surface area contributed by atoms with Gasteiger partial charge >= 0.3 is 6.03 Å². The molecule has 7 heteroatoms. The Kier molecular flexibility index (Phi) is 4.19. The highest BCUT2D eigenvalue weighted by molar-refractivity contribution is 5.88. The first kappa shape index (κ1) is 13.9. The molecule has 2 heterocycles. The summed E-state index contributed by atoms with van der Waals surface area (Å²) in [5.41, 5.74) is 1.30. The van der Waals surface area contributed by atoms with Gasteiger partial charge in [0.2, 0.25) is 5.88 Å². The summed E-state index contributed by atoms with van der Waals surface area (Å²) in [6.07, 6.45) is 1.53. The minimum absolute atomic E-state index is 0.252. The number of nitrogens with zero attached hydrogens (tertiary/aromatic N) is 3. The quantitative estimate of drug-likeness (QED) is 0.924. The maximum Gasteiger partial charge on any atom is 0.321 e. The molecule has 0 fully saturated rings. The number of carbonyl (C=O) groups is 1. The molecule has 0 radical (unpaired) electrons. The Morgan fingerprint density at radius 2 is 2.30 bits per heavy atom. The Morgan fingerprint density at radius 1 is 1.50 bits per heavy atom. The Labute approximate surface area is 116 Å². The lowest BCUT2D eigenvalue weighted by molar-refractivity contribution is 0.219. The van der Waals surface area contributed by atoms with Gasteiger partial charge in [-0.2, -0.15) is 0 Å². The zero-order chi connectivity index (χ0) is 14.5. The van der Waals surface area contributed by atoms with E-state index in [1.807, 2.05) is 0 Å². The molecule has 0 aromatic carbocycles. The molecule has 2 amide bonds. The van der Waals surface area contributed by atoms with Gasteiger partial charge in [-0.3, -0.25) is 0 Å². The minimum atomic E-state index is -0.252. The van der Waals surface area contributed by atoms with Crippen molar-refractivity contribution in [3.63, 3.8) is 0 Å². The summed E-state index contributed by atoms with van der Waals surface area (Å²) in [4.78, 5) is 17.5. The number of pyridine rings is 1. The van der Waals surface area contributed by atoms with Crippen molar-refractivity contribution in [1.29, 1.82) is 0 Å². The lowest BCUT2D eigenvalue weighted by Crippen LogP contribution is -2.30. The van der Waals surface area contributed by atoms with E-state index in [4.69, 9.17) is 9.26 Å². The zero-order valence-electron chi connectivity index (χ0n) is 11.6. The van der Waals surface area contributed by atoms with E-state index in [2.05, 4.69) is 15.5 Å². The Hall–Kier alpha value is -2.57. The molecule has 0 atom stereocenters. The van der Waals surface area contributed by atoms with Crippen LogP contribution >= 0.6 is 0 Å². The fourth-order valence-corrected chi connectivity index (χ4v) is 1.60. The monoisotopic (exact) mass is 276 g/mol. The summed E-state index contributed by atoms with van der Waals surface area (Å²) >= 11 is 0. The van der Waals surface area contributed by atoms with Crippen LogP contribution in [0.5, 0.6) is 5.88 Å². The van der Waals surface area contributed by atoms with Crippen molar-refractivity contribution in [2.75, 3.05) is 19.5 Å².